The highest BCUT2D eigenvalue weighted by atomic mass is 16.4. The summed E-state index contributed by atoms with van der Waals surface area (Å²) in [6.45, 7) is 0.737. The van der Waals surface area contributed by atoms with Crippen molar-refractivity contribution in [2.24, 2.45) is 5.92 Å². The molecule has 25 heavy (non-hydrogen) atoms. The van der Waals surface area contributed by atoms with Crippen molar-refractivity contribution in [3.05, 3.63) is 70.8 Å². The van der Waals surface area contributed by atoms with Gasteiger partial charge in [0.05, 0.1) is 5.92 Å². The summed E-state index contributed by atoms with van der Waals surface area (Å²) in [7, 11) is 0. The van der Waals surface area contributed by atoms with Gasteiger partial charge in [-0.15, -0.1) is 0 Å². The van der Waals surface area contributed by atoms with Gasteiger partial charge in [0, 0.05) is 24.6 Å². The summed E-state index contributed by atoms with van der Waals surface area (Å²) in [6.07, 6.45) is 3.06. The average molecular weight is 335 g/mol. The van der Waals surface area contributed by atoms with Crippen molar-refractivity contribution in [1.82, 2.24) is 4.90 Å². The highest BCUT2D eigenvalue weighted by Gasteiger charge is 2.41. The molecule has 2 aliphatic rings. The Kier molecular flexibility index (Phi) is 4.04. The molecule has 1 saturated heterocycles. The Bertz CT molecular complexity index is 815. The zero-order valence-electron chi connectivity index (χ0n) is 14.0. The lowest BCUT2D eigenvalue weighted by Crippen LogP contribution is -2.30. The molecule has 2 aromatic carbocycles. The second kappa shape index (κ2) is 6.36. The molecule has 2 aromatic rings. The molecule has 0 radical (unpaired) electrons. The van der Waals surface area contributed by atoms with Crippen molar-refractivity contribution in [2.75, 3.05) is 13.1 Å². The molecular formula is C21H21NO3. The Morgan fingerprint density at radius 3 is 2.52 bits per heavy atom. The van der Waals surface area contributed by atoms with Gasteiger partial charge in [-0.05, 0) is 42.0 Å². The molecule has 1 N–H and O–H groups in total. The van der Waals surface area contributed by atoms with Crippen molar-refractivity contribution in [3.8, 4) is 0 Å². The Balaban J connectivity index is 1.63. The van der Waals surface area contributed by atoms with Crippen molar-refractivity contribution >= 4 is 11.9 Å². The van der Waals surface area contributed by atoms with E-state index in [4.69, 9.17) is 0 Å². The summed E-state index contributed by atoms with van der Waals surface area (Å²) >= 11 is 0. The van der Waals surface area contributed by atoms with E-state index >= 15 is 0 Å². The number of carbonyl (C=O) groups excluding carboxylic acids is 1. The topological polar surface area (TPSA) is 57.6 Å². The number of rotatable bonds is 3. The fourth-order valence-corrected chi connectivity index (χ4v) is 4.25. The van der Waals surface area contributed by atoms with E-state index in [1.807, 2.05) is 42.5 Å². The van der Waals surface area contributed by atoms with Crippen LogP contribution in [0.5, 0.6) is 0 Å². The summed E-state index contributed by atoms with van der Waals surface area (Å²) in [4.78, 5) is 26.6. The van der Waals surface area contributed by atoms with Crippen LogP contribution in [-0.4, -0.2) is 35.0 Å². The van der Waals surface area contributed by atoms with Crippen LogP contribution in [0.1, 0.15) is 39.4 Å². The number of fused-ring (bicyclic) bond motifs is 1. The van der Waals surface area contributed by atoms with Crippen molar-refractivity contribution < 1.29 is 14.7 Å². The van der Waals surface area contributed by atoms with Gasteiger partial charge in [-0.25, -0.2) is 0 Å². The molecule has 1 aliphatic heterocycles. The second-order valence-electron chi connectivity index (χ2n) is 6.97. The molecule has 128 valence electrons. The Hall–Kier alpha value is -2.62. The van der Waals surface area contributed by atoms with Crippen molar-refractivity contribution in [3.63, 3.8) is 0 Å². The van der Waals surface area contributed by atoms with Gasteiger partial charge in [0.1, 0.15) is 0 Å². The first-order chi connectivity index (χ1) is 12.1. The number of aliphatic carboxylic acids is 1. The molecule has 1 heterocycles. The lowest BCUT2D eigenvalue weighted by Gasteiger charge is -2.18. The van der Waals surface area contributed by atoms with Gasteiger partial charge in [0.2, 0.25) is 0 Å². The first-order valence-electron chi connectivity index (χ1n) is 8.83. The summed E-state index contributed by atoms with van der Waals surface area (Å²) in [6, 6.07) is 15.6. The number of carbonyl (C=O) groups is 2. The van der Waals surface area contributed by atoms with Gasteiger partial charge < -0.3 is 10.0 Å². The molecule has 2 unspecified atom stereocenters. The maximum absolute atomic E-state index is 13.1. The standard InChI is InChI=1S/C21H21NO3/c23-20(17-11-5-9-14-8-4-10-16(14)17)22-12-18(19(13-22)21(24)25)15-6-2-1-3-7-15/h1-3,5-7,9,11,18-19H,4,8,10,12-13H2,(H,24,25). The SMILES string of the molecule is O=C(O)C1CN(C(=O)c2cccc3c2CCC3)CC1c1ccccc1. The van der Waals surface area contributed by atoms with Gasteiger partial charge in [-0.2, -0.15) is 0 Å². The number of aryl methyl sites for hydroxylation is 1. The van der Waals surface area contributed by atoms with E-state index < -0.39 is 11.9 Å². The average Bonchev–Trinajstić information content (AvgIpc) is 3.28. The summed E-state index contributed by atoms with van der Waals surface area (Å²) in [5.41, 5.74) is 4.17. The Labute approximate surface area is 147 Å². The van der Waals surface area contributed by atoms with Crippen LogP contribution in [0, 0.1) is 5.92 Å². The molecule has 1 amide bonds. The number of amides is 1. The van der Waals surface area contributed by atoms with Crippen molar-refractivity contribution in [2.45, 2.75) is 25.2 Å². The van der Waals surface area contributed by atoms with Gasteiger partial charge in [-0.3, -0.25) is 9.59 Å². The van der Waals surface area contributed by atoms with E-state index in [1.54, 1.807) is 4.90 Å². The quantitative estimate of drug-likeness (QED) is 0.937. The lowest BCUT2D eigenvalue weighted by molar-refractivity contribution is -0.141. The smallest absolute Gasteiger partial charge is 0.308 e. The number of likely N-dealkylation sites (tertiary alicyclic amines) is 1. The summed E-state index contributed by atoms with van der Waals surface area (Å²) in [5.74, 6) is -1.56. The van der Waals surface area contributed by atoms with Crippen LogP contribution in [0.3, 0.4) is 0 Å². The number of hydrogen-bond donors (Lipinski definition) is 1. The number of nitrogens with zero attached hydrogens (tertiary/aromatic N) is 1. The predicted octanol–water partition coefficient (Wildman–Crippen LogP) is 3.12. The zero-order valence-corrected chi connectivity index (χ0v) is 14.0. The lowest BCUT2D eigenvalue weighted by atomic mass is 9.89. The molecule has 1 aliphatic carbocycles. The van der Waals surface area contributed by atoms with E-state index in [2.05, 4.69) is 6.07 Å². The highest BCUT2D eigenvalue weighted by molar-refractivity contribution is 5.97. The summed E-state index contributed by atoms with van der Waals surface area (Å²) in [5, 5.41) is 9.63. The molecule has 0 saturated carbocycles. The van der Waals surface area contributed by atoms with Crippen molar-refractivity contribution in [1.29, 1.82) is 0 Å². The minimum absolute atomic E-state index is 0.0246. The van der Waals surface area contributed by atoms with Crippen LogP contribution in [0.2, 0.25) is 0 Å². The molecule has 0 spiro atoms. The van der Waals surface area contributed by atoms with Crippen LogP contribution in [0.25, 0.3) is 0 Å². The Morgan fingerprint density at radius 2 is 1.76 bits per heavy atom. The number of hydrogen-bond acceptors (Lipinski definition) is 2. The van der Waals surface area contributed by atoms with Gasteiger partial charge >= 0.3 is 5.97 Å². The normalized spacial score (nSPS) is 22.0. The van der Waals surface area contributed by atoms with Crippen LogP contribution >= 0.6 is 0 Å². The van der Waals surface area contributed by atoms with E-state index in [1.165, 1.54) is 5.56 Å². The Morgan fingerprint density at radius 1 is 0.960 bits per heavy atom. The molecule has 2 atom stereocenters. The third kappa shape index (κ3) is 2.82. The first-order valence-corrected chi connectivity index (χ1v) is 8.83. The van der Waals surface area contributed by atoms with Crippen LogP contribution in [0.4, 0.5) is 0 Å². The number of benzene rings is 2. The van der Waals surface area contributed by atoms with E-state index in [9.17, 15) is 14.7 Å². The zero-order chi connectivity index (χ0) is 17.4. The minimum atomic E-state index is -0.831. The molecule has 4 nitrogen and oxygen atoms in total. The van der Waals surface area contributed by atoms with E-state index in [-0.39, 0.29) is 18.4 Å². The largest absolute Gasteiger partial charge is 0.481 e. The predicted molar refractivity (Wildman–Crippen MR) is 94.7 cm³/mol. The van der Waals surface area contributed by atoms with Crippen LogP contribution in [0.15, 0.2) is 48.5 Å². The molecule has 4 rings (SSSR count). The molecule has 4 heteroatoms. The number of carboxylic acids is 1. The van der Waals surface area contributed by atoms with E-state index in [0.717, 1.165) is 36.0 Å². The summed E-state index contributed by atoms with van der Waals surface area (Å²) < 4.78 is 0. The number of carboxylic acid groups (broad SMARTS) is 1. The van der Waals surface area contributed by atoms with Crippen LogP contribution < -0.4 is 0 Å². The maximum atomic E-state index is 13.1. The van der Waals surface area contributed by atoms with Gasteiger partial charge in [-0.1, -0.05) is 42.5 Å². The monoisotopic (exact) mass is 335 g/mol. The maximum Gasteiger partial charge on any atom is 0.308 e. The minimum Gasteiger partial charge on any atom is -0.481 e. The van der Waals surface area contributed by atoms with Gasteiger partial charge in [0.15, 0.2) is 0 Å². The van der Waals surface area contributed by atoms with E-state index in [0.29, 0.717) is 6.54 Å². The van der Waals surface area contributed by atoms with Gasteiger partial charge in [0.25, 0.3) is 5.91 Å². The fourth-order valence-electron chi connectivity index (χ4n) is 4.25. The van der Waals surface area contributed by atoms with Crippen LogP contribution in [-0.2, 0) is 17.6 Å². The second-order valence-corrected chi connectivity index (χ2v) is 6.97. The molecule has 0 aromatic heterocycles. The highest BCUT2D eigenvalue weighted by Crippen LogP contribution is 2.35. The first kappa shape index (κ1) is 15.9. The fraction of sp³-hybridized carbons (Fsp3) is 0.333. The molecule has 0 bridgehead atoms. The molecule has 1 fully saturated rings. The third-order valence-corrected chi connectivity index (χ3v) is 5.53. The molecular weight excluding hydrogens is 314 g/mol. The third-order valence-electron chi connectivity index (χ3n) is 5.53.